The number of nitrogens with two attached hydrogens (primary N) is 4. The molecule has 0 aromatic heterocycles. The van der Waals surface area contributed by atoms with Gasteiger partial charge in [0.25, 0.3) is 0 Å². The van der Waals surface area contributed by atoms with Crippen LogP contribution in [-0.4, -0.2) is 87.4 Å². The van der Waals surface area contributed by atoms with Crippen LogP contribution in [0.15, 0.2) is 36.4 Å². The molecule has 11 atom stereocenters. The van der Waals surface area contributed by atoms with Gasteiger partial charge in [-0.25, -0.2) is 0 Å². The van der Waals surface area contributed by atoms with E-state index in [0.29, 0.717) is 79.1 Å². The second kappa shape index (κ2) is 25.1. The van der Waals surface area contributed by atoms with E-state index in [1.807, 2.05) is 36.4 Å². The number of nitrogen functional groups attached to an aromatic ring is 1. The fourth-order valence-corrected chi connectivity index (χ4v) is 13.8. The van der Waals surface area contributed by atoms with Gasteiger partial charge in [-0.1, -0.05) is 78.0 Å². The number of carbonyl (C=O) groups excluding carboxylic acids is 2. The average Bonchev–Trinajstić information content (AvgIpc) is 3.66. The van der Waals surface area contributed by atoms with Gasteiger partial charge in [-0.15, -0.1) is 0 Å². The predicted octanol–water partition coefficient (Wildman–Crippen LogP) is 10.1. The van der Waals surface area contributed by atoms with Gasteiger partial charge in [0.2, 0.25) is 5.91 Å². The van der Waals surface area contributed by atoms with E-state index in [2.05, 4.69) is 32.6 Å². The molecule has 0 bridgehead atoms. The lowest BCUT2D eigenvalue weighted by atomic mass is 9.43. The largest absolute Gasteiger partial charge is 0.399 e. The Balaban J connectivity index is 1.14. The van der Waals surface area contributed by atoms with E-state index >= 15 is 0 Å². The van der Waals surface area contributed by atoms with Crippen LogP contribution in [0.3, 0.4) is 0 Å². The molecule has 0 heterocycles. The molecule has 4 aliphatic carbocycles. The number of amides is 1. The maximum atomic E-state index is 14.0. The fraction of sp³-hybridized carbons (Fsp3) is 0.782. The van der Waals surface area contributed by atoms with E-state index in [1.54, 1.807) is 0 Å². The van der Waals surface area contributed by atoms with Crippen molar-refractivity contribution >= 4 is 28.2 Å². The number of hydrogen-bond acceptors (Lipinski definition) is 9. The normalized spacial score (nSPS) is 30.1. The zero-order valence-corrected chi connectivity index (χ0v) is 41.3. The van der Waals surface area contributed by atoms with Crippen molar-refractivity contribution in [3.63, 3.8) is 0 Å². The van der Waals surface area contributed by atoms with E-state index in [1.165, 1.54) is 44.9 Å². The minimum atomic E-state index is 0.0155. The number of Topliss-reactive ketones (excluding diaryl/α,β-unsaturated/α-hetero) is 1. The van der Waals surface area contributed by atoms with Crippen molar-refractivity contribution in [3.05, 3.63) is 42.0 Å². The lowest BCUT2D eigenvalue weighted by Gasteiger charge is -2.65. The Labute approximate surface area is 393 Å². The number of rotatable bonds is 28. The van der Waals surface area contributed by atoms with Gasteiger partial charge in [0.05, 0.1) is 18.3 Å². The quantitative estimate of drug-likeness (QED) is 0.0369. The van der Waals surface area contributed by atoms with Crippen LogP contribution in [0.5, 0.6) is 0 Å². The van der Waals surface area contributed by atoms with E-state index in [0.717, 1.165) is 108 Å². The molecule has 2 aromatic carbocycles. The van der Waals surface area contributed by atoms with Gasteiger partial charge in [0, 0.05) is 62.4 Å². The first-order valence-electron chi connectivity index (χ1n) is 26.5. The number of benzene rings is 2. The van der Waals surface area contributed by atoms with Crippen LogP contribution in [0.1, 0.15) is 166 Å². The Hall–Kier alpha value is -2.60. The van der Waals surface area contributed by atoms with Crippen molar-refractivity contribution in [3.8, 4) is 0 Å². The molecule has 65 heavy (non-hydrogen) atoms. The van der Waals surface area contributed by atoms with E-state index in [-0.39, 0.29) is 47.6 Å². The number of anilines is 1. The Bertz CT molecular complexity index is 1780. The molecular weight excluding hydrogens is 811 g/mol. The molecule has 4 saturated carbocycles. The summed E-state index contributed by atoms with van der Waals surface area (Å²) in [6.45, 7) is 15.6. The second-order valence-electron chi connectivity index (χ2n) is 21.5. The Morgan fingerprint density at radius 3 is 2.17 bits per heavy atom. The van der Waals surface area contributed by atoms with E-state index < -0.39 is 0 Å². The molecule has 6 rings (SSSR count). The van der Waals surface area contributed by atoms with E-state index in [9.17, 15) is 9.59 Å². The molecule has 4 fully saturated rings. The first-order valence-corrected chi connectivity index (χ1v) is 26.5. The number of ether oxygens (including phenoxy) is 3. The highest BCUT2D eigenvalue weighted by Gasteiger charge is 2.66. The Morgan fingerprint density at radius 2 is 1.42 bits per heavy atom. The van der Waals surface area contributed by atoms with Crippen molar-refractivity contribution in [1.82, 2.24) is 4.90 Å². The monoisotopic (exact) mass is 902 g/mol. The Morgan fingerprint density at radius 1 is 0.738 bits per heavy atom. The number of nitrogens with zero attached hydrogens (tertiary/aromatic N) is 1. The van der Waals surface area contributed by atoms with Crippen molar-refractivity contribution < 1.29 is 23.8 Å². The van der Waals surface area contributed by atoms with E-state index in [4.69, 9.17) is 37.1 Å². The van der Waals surface area contributed by atoms with Crippen molar-refractivity contribution in [2.24, 2.45) is 63.5 Å². The predicted molar refractivity (Wildman–Crippen MR) is 266 cm³/mol. The van der Waals surface area contributed by atoms with Gasteiger partial charge in [-0.3, -0.25) is 9.59 Å². The standard InChI is InChI=1S/C55H91N5O5/c1-5-6-7-8-9-10-29-60(52(62)23-22-49(61)42-17-16-41-35-44(59)19-18-40(41)34-42)30-11-15-39(2)46-20-21-47-53-48(38-51(55(46,47)4)65-33-14-28-58)54(3)25-24-45(63-31-12-26-56)36-43(54)37-50(53)64-32-13-27-57/h16-19,34-35,39,43,45-48,50-51,53H,5-15,20-33,36-38,56-59H2,1-4H3/t39-,43?,45-,46-,47+,48+,50-,51+,53?,54+,55-/m1/s1. The fourth-order valence-electron chi connectivity index (χ4n) is 13.8. The Kier molecular flexibility index (Phi) is 20.0. The molecule has 10 heteroatoms. The molecule has 0 aliphatic heterocycles. The van der Waals surface area contributed by atoms with Gasteiger partial charge < -0.3 is 42.0 Å². The molecule has 0 spiro atoms. The summed E-state index contributed by atoms with van der Waals surface area (Å²) in [5, 5.41) is 2.00. The molecule has 1 amide bonds. The molecule has 2 unspecified atom stereocenters. The number of carbonyl (C=O) groups is 2. The van der Waals surface area contributed by atoms with Crippen LogP contribution in [-0.2, 0) is 19.0 Å². The number of ketones is 1. The zero-order chi connectivity index (χ0) is 46.4. The highest BCUT2D eigenvalue weighted by molar-refractivity contribution is 6.01. The number of unbranched alkanes of at least 4 members (excludes halogenated alkanes) is 5. The minimum absolute atomic E-state index is 0.0155. The second-order valence-corrected chi connectivity index (χ2v) is 21.5. The number of fused-ring (bicyclic) bond motifs is 6. The number of hydrogen-bond donors (Lipinski definition) is 4. The molecular formula is C55H91N5O5. The summed E-state index contributed by atoms with van der Waals surface area (Å²) in [5.74, 6) is 3.27. The summed E-state index contributed by atoms with van der Waals surface area (Å²) in [4.78, 5) is 29.5. The summed E-state index contributed by atoms with van der Waals surface area (Å²) in [6.07, 6.45) is 21.0. The third kappa shape index (κ3) is 12.7. The SMILES string of the molecule is CCCCCCCCN(CCC[C@@H](C)[C@H]1CC[C@H]2C3[C@H](OCCCN)CC4C[C@H](OCCCN)CC[C@]4(C)[C@H]3C[C@H](OCCCN)[C@]12C)C(=O)CCC(=O)c1ccc2cc(N)ccc2c1. The van der Waals surface area contributed by atoms with Crippen LogP contribution in [0.25, 0.3) is 10.8 Å². The van der Waals surface area contributed by atoms with Gasteiger partial charge in [-0.05, 0) is 173 Å². The summed E-state index contributed by atoms with van der Waals surface area (Å²) in [7, 11) is 0. The maximum absolute atomic E-state index is 14.0. The lowest BCUT2D eigenvalue weighted by Crippen LogP contribution is -2.63. The topological polar surface area (TPSA) is 169 Å². The third-order valence-electron chi connectivity index (χ3n) is 17.5. The molecule has 4 aliphatic rings. The van der Waals surface area contributed by atoms with Gasteiger partial charge >= 0.3 is 0 Å². The first kappa shape index (κ1) is 51.8. The maximum Gasteiger partial charge on any atom is 0.223 e. The summed E-state index contributed by atoms with van der Waals surface area (Å²) < 4.78 is 20.5. The van der Waals surface area contributed by atoms with Crippen LogP contribution < -0.4 is 22.9 Å². The molecule has 2 aromatic rings. The lowest BCUT2D eigenvalue weighted by molar-refractivity contribution is -0.227. The average molecular weight is 902 g/mol. The van der Waals surface area contributed by atoms with Crippen LogP contribution in [0.2, 0.25) is 0 Å². The molecule has 10 nitrogen and oxygen atoms in total. The van der Waals surface area contributed by atoms with Crippen molar-refractivity contribution in [2.75, 3.05) is 58.3 Å². The zero-order valence-electron chi connectivity index (χ0n) is 41.3. The summed E-state index contributed by atoms with van der Waals surface area (Å²) in [5.41, 5.74) is 25.5. The third-order valence-corrected chi connectivity index (χ3v) is 17.5. The van der Waals surface area contributed by atoms with Gasteiger partial charge in [0.15, 0.2) is 5.78 Å². The van der Waals surface area contributed by atoms with Crippen LogP contribution in [0.4, 0.5) is 5.69 Å². The highest BCUT2D eigenvalue weighted by atomic mass is 16.5. The van der Waals surface area contributed by atoms with Crippen LogP contribution in [0, 0.1) is 46.3 Å². The first-order chi connectivity index (χ1) is 31.5. The minimum Gasteiger partial charge on any atom is -0.399 e. The molecule has 0 radical (unpaired) electrons. The molecule has 0 saturated heterocycles. The smallest absolute Gasteiger partial charge is 0.223 e. The van der Waals surface area contributed by atoms with Gasteiger partial charge in [0.1, 0.15) is 0 Å². The molecule has 366 valence electrons. The van der Waals surface area contributed by atoms with Crippen molar-refractivity contribution in [2.45, 2.75) is 174 Å². The van der Waals surface area contributed by atoms with Crippen molar-refractivity contribution in [1.29, 1.82) is 0 Å². The van der Waals surface area contributed by atoms with Crippen LogP contribution >= 0.6 is 0 Å². The summed E-state index contributed by atoms with van der Waals surface area (Å²) in [6, 6.07) is 11.5. The van der Waals surface area contributed by atoms with Gasteiger partial charge in [-0.2, -0.15) is 0 Å². The highest BCUT2D eigenvalue weighted by Crippen LogP contribution is 2.69. The summed E-state index contributed by atoms with van der Waals surface area (Å²) >= 11 is 0. The molecule has 8 N–H and O–H groups in total.